The predicted molar refractivity (Wildman–Crippen MR) is 114 cm³/mol. The molecule has 0 unspecified atom stereocenters. The second-order valence-corrected chi connectivity index (χ2v) is 9.93. The van der Waals surface area contributed by atoms with Gasteiger partial charge in [-0.3, -0.25) is 9.69 Å². The number of ether oxygens (including phenoxy) is 2. The molecule has 1 saturated heterocycles. The van der Waals surface area contributed by atoms with Gasteiger partial charge in [-0.05, 0) is 56.9 Å². The van der Waals surface area contributed by atoms with E-state index < -0.39 is 5.97 Å². The second-order valence-electron chi connectivity index (χ2n) is 8.84. The standard InChI is InChI=1S/C22H29N3O4S/c1-13-11-28-9-8-25(13)15-3-5-16(6-4-15)29-21-20-19-14(10-18(26)27)2-7-17(19)30-22(20)24-12-23-21/h12-16H,2-11H2,1H3,(H,26,27)/t13-,14-,15?,16?/m1/s1. The van der Waals surface area contributed by atoms with Crippen molar-refractivity contribution >= 4 is 27.5 Å². The monoisotopic (exact) mass is 431 g/mol. The van der Waals surface area contributed by atoms with Crippen molar-refractivity contribution in [2.24, 2.45) is 0 Å². The van der Waals surface area contributed by atoms with E-state index in [4.69, 9.17) is 9.47 Å². The third kappa shape index (κ3) is 3.81. The zero-order chi connectivity index (χ0) is 20.7. The zero-order valence-corrected chi connectivity index (χ0v) is 18.2. The van der Waals surface area contributed by atoms with E-state index in [0.29, 0.717) is 18.0 Å². The number of morpholine rings is 1. The molecular weight excluding hydrogens is 402 g/mol. The molecule has 1 aliphatic heterocycles. The molecule has 5 rings (SSSR count). The summed E-state index contributed by atoms with van der Waals surface area (Å²) in [7, 11) is 0. The first-order valence-electron chi connectivity index (χ1n) is 11.1. The van der Waals surface area contributed by atoms with Crippen LogP contribution in [-0.2, 0) is 16.0 Å². The van der Waals surface area contributed by atoms with Crippen LogP contribution in [-0.4, -0.2) is 63.9 Å². The highest BCUT2D eigenvalue weighted by Crippen LogP contribution is 2.47. The Morgan fingerprint density at radius 2 is 2.13 bits per heavy atom. The van der Waals surface area contributed by atoms with Gasteiger partial charge in [-0.15, -0.1) is 11.3 Å². The van der Waals surface area contributed by atoms with Crippen molar-refractivity contribution in [3.05, 3.63) is 16.8 Å². The molecule has 1 N–H and O–H groups in total. The van der Waals surface area contributed by atoms with Crippen molar-refractivity contribution in [3.63, 3.8) is 0 Å². The van der Waals surface area contributed by atoms with Gasteiger partial charge in [0.05, 0.1) is 25.0 Å². The van der Waals surface area contributed by atoms with Gasteiger partial charge in [0.1, 0.15) is 17.3 Å². The lowest BCUT2D eigenvalue weighted by Gasteiger charge is -2.42. The van der Waals surface area contributed by atoms with Gasteiger partial charge in [0.2, 0.25) is 5.88 Å². The number of rotatable bonds is 5. The summed E-state index contributed by atoms with van der Waals surface area (Å²) in [5, 5.41) is 10.3. The lowest BCUT2D eigenvalue weighted by molar-refractivity contribution is -0.137. The van der Waals surface area contributed by atoms with Crippen LogP contribution in [0, 0.1) is 0 Å². The normalized spacial score (nSPS) is 29.8. The third-order valence-corrected chi connectivity index (χ3v) is 8.10. The van der Waals surface area contributed by atoms with Crippen LogP contribution >= 0.6 is 11.3 Å². The van der Waals surface area contributed by atoms with Crippen LogP contribution in [0.4, 0.5) is 0 Å². The second kappa shape index (κ2) is 8.40. The molecule has 2 aromatic heterocycles. The van der Waals surface area contributed by atoms with Crippen LogP contribution in [0.25, 0.3) is 10.2 Å². The van der Waals surface area contributed by atoms with Gasteiger partial charge in [0.25, 0.3) is 0 Å². The maximum atomic E-state index is 11.3. The molecule has 2 aromatic rings. The summed E-state index contributed by atoms with van der Waals surface area (Å²) in [4.78, 5) is 25.1. The summed E-state index contributed by atoms with van der Waals surface area (Å²) in [5.41, 5.74) is 1.13. The molecule has 2 atom stereocenters. The van der Waals surface area contributed by atoms with E-state index in [1.54, 1.807) is 17.7 Å². The van der Waals surface area contributed by atoms with Gasteiger partial charge >= 0.3 is 5.97 Å². The first-order valence-corrected chi connectivity index (χ1v) is 11.9. The molecule has 0 bridgehead atoms. The number of aliphatic carboxylic acids is 1. The maximum Gasteiger partial charge on any atom is 0.303 e. The van der Waals surface area contributed by atoms with E-state index in [2.05, 4.69) is 21.8 Å². The van der Waals surface area contributed by atoms with Crippen molar-refractivity contribution in [1.29, 1.82) is 0 Å². The molecule has 2 fully saturated rings. The van der Waals surface area contributed by atoms with Crippen LogP contribution in [0.2, 0.25) is 0 Å². The number of aromatic nitrogens is 2. The minimum Gasteiger partial charge on any atom is -0.481 e. The number of hydrogen-bond acceptors (Lipinski definition) is 7. The molecule has 3 aliphatic rings. The number of nitrogens with zero attached hydrogens (tertiary/aromatic N) is 3. The topological polar surface area (TPSA) is 84.8 Å². The van der Waals surface area contributed by atoms with E-state index in [1.807, 2.05) is 0 Å². The quantitative estimate of drug-likeness (QED) is 0.774. The summed E-state index contributed by atoms with van der Waals surface area (Å²) < 4.78 is 12.0. The Morgan fingerprint density at radius 3 is 2.90 bits per heavy atom. The van der Waals surface area contributed by atoms with Crippen LogP contribution in [0.5, 0.6) is 5.88 Å². The average Bonchev–Trinajstić information content (AvgIpc) is 3.29. The van der Waals surface area contributed by atoms with Crippen LogP contribution in [0.15, 0.2) is 6.33 Å². The van der Waals surface area contributed by atoms with Crippen molar-refractivity contribution < 1.29 is 19.4 Å². The summed E-state index contributed by atoms with van der Waals surface area (Å²) >= 11 is 1.67. The Balaban J connectivity index is 1.31. The van der Waals surface area contributed by atoms with Crippen molar-refractivity contribution in [2.45, 2.75) is 76.0 Å². The Labute approximate surface area is 180 Å². The van der Waals surface area contributed by atoms with E-state index in [9.17, 15) is 9.90 Å². The molecule has 0 amide bonds. The van der Waals surface area contributed by atoms with E-state index >= 15 is 0 Å². The SMILES string of the molecule is C[C@@H]1COCCN1C1CCC(Oc2ncnc3sc4c(c23)[C@@H](CC(=O)O)CC4)CC1. The first-order chi connectivity index (χ1) is 14.6. The zero-order valence-electron chi connectivity index (χ0n) is 17.4. The highest BCUT2D eigenvalue weighted by atomic mass is 32.1. The van der Waals surface area contributed by atoms with Gasteiger partial charge in [-0.25, -0.2) is 9.97 Å². The van der Waals surface area contributed by atoms with Gasteiger partial charge in [-0.1, -0.05) is 0 Å². The molecular formula is C22H29N3O4S. The highest BCUT2D eigenvalue weighted by molar-refractivity contribution is 7.19. The Hall–Kier alpha value is -1.77. The van der Waals surface area contributed by atoms with Gasteiger partial charge in [0, 0.05) is 23.5 Å². The fraction of sp³-hybridized carbons (Fsp3) is 0.682. The minimum absolute atomic E-state index is 0.0399. The molecule has 3 heterocycles. The Bertz CT molecular complexity index is 924. The molecule has 0 aromatic carbocycles. The number of fused-ring (bicyclic) bond motifs is 3. The molecule has 8 heteroatoms. The molecule has 0 radical (unpaired) electrons. The predicted octanol–water partition coefficient (Wildman–Crippen LogP) is 3.61. The van der Waals surface area contributed by atoms with E-state index in [0.717, 1.165) is 74.1 Å². The molecule has 162 valence electrons. The van der Waals surface area contributed by atoms with Crippen molar-refractivity contribution in [2.75, 3.05) is 19.8 Å². The number of thiophene rings is 1. The number of aryl methyl sites for hydroxylation is 1. The van der Waals surface area contributed by atoms with E-state index in [1.165, 1.54) is 4.88 Å². The lowest BCUT2D eigenvalue weighted by Crippen LogP contribution is -2.51. The van der Waals surface area contributed by atoms with Crippen LogP contribution < -0.4 is 4.74 Å². The lowest BCUT2D eigenvalue weighted by atomic mass is 9.90. The van der Waals surface area contributed by atoms with Crippen molar-refractivity contribution in [1.82, 2.24) is 14.9 Å². The minimum atomic E-state index is -0.748. The van der Waals surface area contributed by atoms with Crippen LogP contribution in [0.1, 0.15) is 61.8 Å². The molecule has 2 aliphatic carbocycles. The van der Waals surface area contributed by atoms with Gasteiger partial charge in [-0.2, -0.15) is 0 Å². The third-order valence-electron chi connectivity index (χ3n) is 6.93. The van der Waals surface area contributed by atoms with Gasteiger partial charge < -0.3 is 14.6 Å². The van der Waals surface area contributed by atoms with Gasteiger partial charge in [0.15, 0.2) is 0 Å². The summed E-state index contributed by atoms with van der Waals surface area (Å²) in [6.45, 7) is 4.94. The average molecular weight is 432 g/mol. The summed E-state index contributed by atoms with van der Waals surface area (Å²) in [6, 6.07) is 1.10. The summed E-state index contributed by atoms with van der Waals surface area (Å²) in [5.74, 6) is -0.0571. The van der Waals surface area contributed by atoms with Crippen LogP contribution in [0.3, 0.4) is 0 Å². The number of carboxylic acid groups (broad SMARTS) is 1. The molecule has 1 saturated carbocycles. The first kappa shape index (κ1) is 20.2. The maximum absolute atomic E-state index is 11.3. The Morgan fingerprint density at radius 1 is 1.30 bits per heavy atom. The number of carbonyl (C=O) groups is 1. The molecule has 7 nitrogen and oxygen atoms in total. The smallest absolute Gasteiger partial charge is 0.303 e. The fourth-order valence-corrected chi connectivity index (χ4v) is 6.71. The number of carboxylic acids is 1. The molecule has 30 heavy (non-hydrogen) atoms. The molecule has 0 spiro atoms. The van der Waals surface area contributed by atoms with E-state index in [-0.39, 0.29) is 18.4 Å². The van der Waals surface area contributed by atoms with Crippen molar-refractivity contribution in [3.8, 4) is 5.88 Å². The Kier molecular flexibility index (Phi) is 5.64. The fourth-order valence-electron chi connectivity index (χ4n) is 5.48. The summed E-state index contributed by atoms with van der Waals surface area (Å²) in [6.07, 6.45) is 8.02. The highest BCUT2D eigenvalue weighted by Gasteiger charge is 2.34. The number of hydrogen-bond donors (Lipinski definition) is 1. The largest absolute Gasteiger partial charge is 0.481 e.